The third-order valence-electron chi connectivity index (χ3n) is 2.89. The Hall–Kier alpha value is -2.35. The van der Waals surface area contributed by atoms with Crippen LogP contribution in [0.4, 0.5) is 10.5 Å². The number of hydrogen-bond acceptors (Lipinski definition) is 3. The highest BCUT2D eigenvalue weighted by Crippen LogP contribution is 2.15. The molecule has 0 aliphatic carbocycles. The Morgan fingerprint density at radius 2 is 2.05 bits per heavy atom. The molecule has 1 heterocycles. The van der Waals surface area contributed by atoms with Crippen LogP contribution in [0.15, 0.2) is 41.1 Å². The van der Waals surface area contributed by atoms with Gasteiger partial charge < -0.3 is 20.3 Å². The van der Waals surface area contributed by atoms with E-state index in [9.17, 15) is 9.59 Å². The number of hydrogen-bond donors (Lipinski definition) is 3. The Morgan fingerprint density at radius 3 is 2.68 bits per heavy atom. The van der Waals surface area contributed by atoms with Gasteiger partial charge in [0.05, 0.1) is 6.04 Å². The summed E-state index contributed by atoms with van der Waals surface area (Å²) < 4.78 is 2.40. The van der Waals surface area contributed by atoms with E-state index in [2.05, 4.69) is 31.5 Å². The van der Waals surface area contributed by atoms with E-state index in [-0.39, 0.29) is 12.6 Å². The highest BCUT2D eigenvalue weighted by molar-refractivity contribution is 9.10. The molecule has 0 bridgehead atoms. The van der Waals surface area contributed by atoms with E-state index in [1.54, 1.807) is 25.3 Å². The number of carbonyl (C=O) groups excluding carboxylic acids is 1. The first-order chi connectivity index (χ1) is 10.5. The lowest BCUT2D eigenvalue weighted by Crippen LogP contribution is -2.32. The van der Waals surface area contributed by atoms with Crippen LogP contribution in [-0.2, 0) is 11.3 Å². The van der Waals surface area contributed by atoms with Gasteiger partial charge in [-0.1, -0.05) is 15.9 Å². The molecule has 1 aromatic carbocycles. The fourth-order valence-corrected chi connectivity index (χ4v) is 2.21. The van der Waals surface area contributed by atoms with Gasteiger partial charge >= 0.3 is 12.0 Å². The third kappa shape index (κ3) is 4.32. The van der Waals surface area contributed by atoms with Crippen LogP contribution in [0.5, 0.6) is 0 Å². The minimum atomic E-state index is -0.967. The maximum absolute atomic E-state index is 11.9. The lowest BCUT2D eigenvalue weighted by molar-refractivity contribution is -0.137. The number of aliphatic carboxylic acids is 1. The summed E-state index contributed by atoms with van der Waals surface area (Å²) in [5.41, 5.74) is 0.654. The molecule has 1 aromatic heterocycles. The normalized spacial score (nSPS) is 11.7. The first-order valence-electron chi connectivity index (χ1n) is 6.51. The van der Waals surface area contributed by atoms with Crippen molar-refractivity contribution in [1.29, 1.82) is 0 Å². The summed E-state index contributed by atoms with van der Waals surface area (Å²) in [7, 11) is 0. The number of carbonyl (C=O) groups is 2. The minimum absolute atomic E-state index is 0.199. The average Bonchev–Trinajstić information content (AvgIpc) is 2.88. The Labute approximate surface area is 135 Å². The molecule has 1 atom stereocenters. The molecule has 0 fully saturated rings. The molecular weight excluding hydrogens is 352 g/mol. The number of carboxylic acids is 1. The van der Waals surface area contributed by atoms with Crippen molar-refractivity contribution < 1.29 is 14.7 Å². The summed E-state index contributed by atoms with van der Waals surface area (Å²) in [6, 6.07) is 6.35. The SMILES string of the molecule is CC(NC(=O)Nc1ccc(Br)cc1)c1nccn1CC(=O)O. The topological polar surface area (TPSA) is 96.3 Å². The van der Waals surface area contributed by atoms with Crippen molar-refractivity contribution in [3.63, 3.8) is 0 Å². The Balaban J connectivity index is 1.98. The van der Waals surface area contributed by atoms with Gasteiger partial charge in [0.25, 0.3) is 0 Å². The molecule has 22 heavy (non-hydrogen) atoms. The monoisotopic (exact) mass is 366 g/mol. The molecule has 0 aliphatic rings. The number of rotatable bonds is 5. The summed E-state index contributed by atoms with van der Waals surface area (Å²) >= 11 is 3.32. The Morgan fingerprint density at radius 1 is 1.36 bits per heavy atom. The van der Waals surface area contributed by atoms with E-state index in [4.69, 9.17) is 5.11 Å². The molecule has 0 spiro atoms. The largest absolute Gasteiger partial charge is 0.480 e. The standard InChI is InChI=1S/C14H15BrN4O3/c1-9(13-16-6-7-19(13)8-12(20)21)17-14(22)18-11-4-2-10(15)3-5-11/h2-7,9H,8H2,1H3,(H,20,21)(H2,17,18,22). The zero-order chi connectivity index (χ0) is 16.1. The quantitative estimate of drug-likeness (QED) is 0.757. The van der Waals surface area contributed by atoms with E-state index in [1.165, 1.54) is 10.8 Å². The van der Waals surface area contributed by atoms with Crippen LogP contribution in [0.25, 0.3) is 0 Å². The summed E-state index contributed by atoms with van der Waals surface area (Å²) in [4.78, 5) is 26.8. The average molecular weight is 367 g/mol. The van der Waals surface area contributed by atoms with Crippen molar-refractivity contribution in [1.82, 2.24) is 14.9 Å². The van der Waals surface area contributed by atoms with Gasteiger partial charge in [-0.3, -0.25) is 4.79 Å². The van der Waals surface area contributed by atoms with Gasteiger partial charge in [0, 0.05) is 22.6 Å². The molecule has 0 aliphatic heterocycles. The molecule has 1 unspecified atom stereocenters. The number of imidazole rings is 1. The van der Waals surface area contributed by atoms with Gasteiger partial charge in [0.15, 0.2) is 0 Å². The van der Waals surface area contributed by atoms with Gasteiger partial charge in [0.2, 0.25) is 0 Å². The Bertz CT molecular complexity index is 669. The van der Waals surface area contributed by atoms with Crippen molar-refractivity contribution in [2.75, 3.05) is 5.32 Å². The first-order valence-corrected chi connectivity index (χ1v) is 7.31. The van der Waals surface area contributed by atoms with Crippen molar-refractivity contribution >= 4 is 33.6 Å². The second kappa shape index (κ2) is 7.08. The van der Waals surface area contributed by atoms with Crippen molar-refractivity contribution in [2.24, 2.45) is 0 Å². The zero-order valence-electron chi connectivity index (χ0n) is 11.8. The summed E-state index contributed by atoms with van der Waals surface area (Å²) in [5, 5.41) is 14.3. The van der Waals surface area contributed by atoms with E-state index in [0.717, 1.165) is 4.47 Å². The van der Waals surface area contributed by atoms with Crippen molar-refractivity contribution in [2.45, 2.75) is 19.5 Å². The number of amides is 2. The summed E-state index contributed by atoms with van der Waals surface area (Å²) in [6.45, 7) is 1.54. The molecule has 2 amide bonds. The van der Waals surface area contributed by atoms with Crippen molar-refractivity contribution in [3.05, 3.63) is 47.0 Å². The van der Waals surface area contributed by atoms with Crippen LogP contribution in [0.1, 0.15) is 18.8 Å². The molecule has 2 rings (SSSR count). The number of nitrogens with one attached hydrogen (secondary N) is 2. The zero-order valence-corrected chi connectivity index (χ0v) is 13.4. The molecule has 2 aromatic rings. The molecule has 7 nitrogen and oxygen atoms in total. The second-order valence-electron chi connectivity index (χ2n) is 4.63. The molecule has 3 N–H and O–H groups in total. The molecular formula is C14H15BrN4O3. The maximum Gasteiger partial charge on any atom is 0.323 e. The van der Waals surface area contributed by atoms with Crippen LogP contribution in [0.2, 0.25) is 0 Å². The van der Waals surface area contributed by atoms with Crippen molar-refractivity contribution in [3.8, 4) is 0 Å². The number of benzene rings is 1. The predicted molar refractivity (Wildman–Crippen MR) is 84.6 cm³/mol. The fraction of sp³-hybridized carbons (Fsp3) is 0.214. The molecule has 8 heteroatoms. The van der Waals surface area contributed by atoms with Crippen LogP contribution in [0.3, 0.4) is 0 Å². The Kier molecular flexibility index (Phi) is 5.16. The van der Waals surface area contributed by atoms with Gasteiger partial charge in [-0.05, 0) is 31.2 Å². The fourth-order valence-electron chi connectivity index (χ4n) is 1.94. The van der Waals surface area contributed by atoms with E-state index < -0.39 is 12.0 Å². The highest BCUT2D eigenvalue weighted by Gasteiger charge is 2.16. The smallest absolute Gasteiger partial charge is 0.323 e. The van der Waals surface area contributed by atoms with E-state index >= 15 is 0 Å². The second-order valence-corrected chi connectivity index (χ2v) is 5.55. The van der Waals surface area contributed by atoms with E-state index in [1.807, 2.05) is 12.1 Å². The van der Waals surface area contributed by atoms with Gasteiger partial charge in [0.1, 0.15) is 12.4 Å². The van der Waals surface area contributed by atoms with Crippen LogP contribution >= 0.6 is 15.9 Å². The lowest BCUT2D eigenvalue weighted by Gasteiger charge is -2.15. The van der Waals surface area contributed by atoms with Crippen LogP contribution in [0, 0.1) is 0 Å². The number of anilines is 1. The van der Waals surface area contributed by atoms with Gasteiger partial charge in [-0.15, -0.1) is 0 Å². The highest BCUT2D eigenvalue weighted by atomic mass is 79.9. The summed E-state index contributed by atoms with van der Waals surface area (Å²) in [5.74, 6) is -0.487. The summed E-state index contributed by atoms with van der Waals surface area (Å²) in [6.07, 6.45) is 3.07. The lowest BCUT2D eigenvalue weighted by atomic mass is 10.3. The minimum Gasteiger partial charge on any atom is -0.480 e. The number of nitrogens with zero attached hydrogens (tertiary/aromatic N) is 2. The molecule has 0 saturated heterocycles. The molecule has 0 saturated carbocycles. The van der Waals surface area contributed by atoms with Gasteiger partial charge in [-0.2, -0.15) is 0 Å². The van der Waals surface area contributed by atoms with Crippen LogP contribution < -0.4 is 10.6 Å². The number of halogens is 1. The third-order valence-corrected chi connectivity index (χ3v) is 3.42. The number of carboxylic acid groups (broad SMARTS) is 1. The van der Waals surface area contributed by atoms with E-state index in [0.29, 0.717) is 11.5 Å². The molecule has 0 radical (unpaired) electrons. The number of urea groups is 1. The number of aromatic nitrogens is 2. The van der Waals surface area contributed by atoms with Gasteiger partial charge in [-0.25, -0.2) is 9.78 Å². The van der Waals surface area contributed by atoms with Crippen LogP contribution in [-0.4, -0.2) is 26.7 Å². The maximum atomic E-state index is 11.9. The first kappa shape index (κ1) is 16.0. The molecule has 116 valence electrons. The predicted octanol–water partition coefficient (Wildman–Crippen LogP) is 2.61.